The molecule has 0 saturated heterocycles. The molecule has 1 aromatic heterocycles. The highest BCUT2D eigenvalue weighted by atomic mass is 79.9. The van der Waals surface area contributed by atoms with E-state index in [0.29, 0.717) is 22.2 Å². The van der Waals surface area contributed by atoms with Crippen molar-refractivity contribution >= 4 is 45.0 Å². The van der Waals surface area contributed by atoms with Gasteiger partial charge in [-0.1, -0.05) is 41.4 Å². The molecule has 0 radical (unpaired) electrons. The van der Waals surface area contributed by atoms with Crippen LogP contribution in [0.15, 0.2) is 34.8 Å². The van der Waals surface area contributed by atoms with Crippen molar-refractivity contribution in [3.8, 4) is 0 Å². The van der Waals surface area contributed by atoms with Gasteiger partial charge in [-0.05, 0) is 36.2 Å². The molecule has 2 N–H and O–H groups in total. The Morgan fingerprint density at radius 1 is 1.33 bits per heavy atom. The molecule has 110 valence electrons. The third-order valence-corrected chi connectivity index (χ3v) is 3.68. The number of carbonyl (C=O) groups is 1. The Balaban J connectivity index is 2.41. The zero-order valence-electron chi connectivity index (χ0n) is 11.5. The number of carboxylic acid groups (broad SMARTS) is 1. The van der Waals surface area contributed by atoms with E-state index in [9.17, 15) is 9.90 Å². The van der Waals surface area contributed by atoms with Crippen LogP contribution in [0.3, 0.4) is 0 Å². The summed E-state index contributed by atoms with van der Waals surface area (Å²) in [7, 11) is 0. The van der Waals surface area contributed by atoms with Crippen LogP contribution < -0.4 is 5.32 Å². The van der Waals surface area contributed by atoms with Crippen molar-refractivity contribution in [3.63, 3.8) is 0 Å². The van der Waals surface area contributed by atoms with Gasteiger partial charge in [-0.3, -0.25) is 0 Å². The fourth-order valence-corrected chi connectivity index (χ4v) is 2.48. The maximum absolute atomic E-state index is 11.2. The van der Waals surface area contributed by atoms with Crippen LogP contribution in [0.2, 0.25) is 5.02 Å². The smallest absolute Gasteiger partial charge is 0.335 e. The van der Waals surface area contributed by atoms with E-state index in [1.165, 1.54) is 6.07 Å². The van der Waals surface area contributed by atoms with E-state index in [-0.39, 0.29) is 11.5 Å². The second kappa shape index (κ2) is 6.45. The number of rotatable bonds is 4. The van der Waals surface area contributed by atoms with E-state index in [0.717, 1.165) is 4.47 Å². The van der Waals surface area contributed by atoms with E-state index in [4.69, 9.17) is 11.6 Å². The van der Waals surface area contributed by atoms with Gasteiger partial charge in [0.25, 0.3) is 0 Å². The van der Waals surface area contributed by atoms with Crippen molar-refractivity contribution in [2.75, 3.05) is 5.32 Å². The fourth-order valence-electron chi connectivity index (χ4n) is 1.76. The van der Waals surface area contributed by atoms with Gasteiger partial charge in [-0.15, -0.1) is 0 Å². The highest BCUT2D eigenvalue weighted by Gasteiger charge is 2.12. The number of pyridine rings is 1. The lowest BCUT2D eigenvalue weighted by Crippen LogP contribution is -2.05. The Morgan fingerprint density at radius 2 is 2.05 bits per heavy atom. The number of hydrogen-bond acceptors (Lipinski definition) is 3. The Labute approximate surface area is 136 Å². The molecule has 0 aliphatic rings. The Bertz CT molecular complexity index is 689. The molecule has 0 unspecified atom stereocenters. The molecule has 0 amide bonds. The summed E-state index contributed by atoms with van der Waals surface area (Å²) < 4.78 is 0.869. The van der Waals surface area contributed by atoms with E-state index in [2.05, 4.69) is 26.2 Å². The highest BCUT2D eigenvalue weighted by molar-refractivity contribution is 9.10. The number of benzene rings is 1. The highest BCUT2D eigenvalue weighted by Crippen LogP contribution is 2.28. The lowest BCUT2D eigenvalue weighted by Gasteiger charge is -2.12. The summed E-state index contributed by atoms with van der Waals surface area (Å²) in [6.07, 6.45) is 0. The van der Waals surface area contributed by atoms with Crippen molar-refractivity contribution < 1.29 is 9.90 Å². The van der Waals surface area contributed by atoms with Crippen LogP contribution in [0, 0.1) is 0 Å². The summed E-state index contributed by atoms with van der Waals surface area (Å²) in [5.41, 5.74) is 1.58. The molecule has 0 atom stereocenters. The van der Waals surface area contributed by atoms with Crippen LogP contribution in [0.4, 0.5) is 11.5 Å². The Morgan fingerprint density at radius 3 is 2.62 bits per heavy atom. The molecule has 6 heteroatoms. The third kappa shape index (κ3) is 3.95. The lowest BCUT2D eigenvalue weighted by molar-refractivity contribution is 0.0696. The quantitative estimate of drug-likeness (QED) is 0.790. The molecular weight excluding hydrogens is 356 g/mol. The van der Waals surface area contributed by atoms with Gasteiger partial charge in [-0.2, -0.15) is 0 Å². The van der Waals surface area contributed by atoms with Crippen molar-refractivity contribution in [3.05, 3.63) is 51.1 Å². The van der Waals surface area contributed by atoms with E-state index in [1.54, 1.807) is 18.2 Å². The van der Waals surface area contributed by atoms with Crippen molar-refractivity contribution in [1.82, 2.24) is 4.98 Å². The zero-order chi connectivity index (χ0) is 15.6. The molecule has 0 aliphatic heterocycles. The Hall–Kier alpha value is -1.59. The first kappa shape index (κ1) is 15.8. The van der Waals surface area contributed by atoms with Crippen LogP contribution in [-0.4, -0.2) is 16.1 Å². The monoisotopic (exact) mass is 368 g/mol. The van der Waals surface area contributed by atoms with Gasteiger partial charge < -0.3 is 10.4 Å². The number of carboxylic acids is 1. The fraction of sp³-hybridized carbons (Fsp3) is 0.200. The minimum Gasteiger partial charge on any atom is -0.478 e. The van der Waals surface area contributed by atoms with Crippen molar-refractivity contribution in [1.29, 1.82) is 0 Å². The molecule has 1 aromatic carbocycles. The normalized spacial score (nSPS) is 10.7. The minimum atomic E-state index is -0.982. The summed E-state index contributed by atoms with van der Waals surface area (Å²) in [4.78, 5) is 15.6. The average Bonchev–Trinajstić information content (AvgIpc) is 2.41. The summed E-state index contributed by atoms with van der Waals surface area (Å²) in [5.74, 6) is -0.391. The SMILES string of the molecule is CC(C)c1cc(C(=O)O)cc(Nc2ccc(Br)cc2Cl)n1. The molecule has 21 heavy (non-hydrogen) atoms. The van der Waals surface area contributed by atoms with Gasteiger partial charge in [-0.25, -0.2) is 9.78 Å². The maximum atomic E-state index is 11.2. The molecule has 2 aromatic rings. The topological polar surface area (TPSA) is 62.2 Å². The van der Waals surface area contributed by atoms with Gasteiger partial charge in [0, 0.05) is 10.2 Å². The van der Waals surface area contributed by atoms with Crippen LogP contribution in [0.5, 0.6) is 0 Å². The molecule has 0 saturated carbocycles. The molecule has 0 spiro atoms. The number of anilines is 2. The van der Waals surface area contributed by atoms with Crippen LogP contribution in [0.1, 0.15) is 35.8 Å². The standard InChI is InChI=1S/C15H14BrClN2O2/c1-8(2)13-5-9(15(20)21)6-14(19-13)18-12-4-3-10(16)7-11(12)17/h3-8H,1-2H3,(H,18,19)(H,20,21). The second-order valence-corrected chi connectivity index (χ2v) is 6.20. The van der Waals surface area contributed by atoms with E-state index in [1.807, 2.05) is 19.9 Å². The van der Waals surface area contributed by atoms with Crippen molar-refractivity contribution in [2.24, 2.45) is 0 Å². The van der Waals surface area contributed by atoms with Gasteiger partial charge in [0.2, 0.25) is 0 Å². The summed E-state index contributed by atoms with van der Waals surface area (Å²) in [6.45, 7) is 3.93. The molecule has 4 nitrogen and oxygen atoms in total. The van der Waals surface area contributed by atoms with Crippen LogP contribution >= 0.6 is 27.5 Å². The summed E-state index contributed by atoms with van der Waals surface area (Å²) in [6, 6.07) is 8.48. The minimum absolute atomic E-state index is 0.130. The van der Waals surface area contributed by atoms with Gasteiger partial charge in [0.15, 0.2) is 0 Å². The zero-order valence-corrected chi connectivity index (χ0v) is 13.9. The lowest BCUT2D eigenvalue weighted by atomic mass is 10.1. The number of aromatic nitrogens is 1. The van der Waals surface area contributed by atoms with Gasteiger partial charge in [0.05, 0.1) is 16.3 Å². The van der Waals surface area contributed by atoms with E-state index >= 15 is 0 Å². The predicted molar refractivity (Wildman–Crippen MR) is 87.7 cm³/mol. The Kier molecular flexibility index (Phi) is 4.85. The first-order valence-electron chi connectivity index (χ1n) is 6.34. The van der Waals surface area contributed by atoms with Crippen LogP contribution in [0.25, 0.3) is 0 Å². The number of hydrogen-bond donors (Lipinski definition) is 2. The van der Waals surface area contributed by atoms with Gasteiger partial charge in [0.1, 0.15) is 5.82 Å². The third-order valence-electron chi connectivity index (χ3n) is 2.88. The molecular formula is C15H14BrClN2O2. The number of nitrogens with one attached hydrogen (secondary N) is 1. The first-order valence-corrected chi connectivity index (χ1v) is 7.51. The molecule has 0 fully saturated rings. The summed E-state index contributed by atoms with van der Waals surface area (Å²) >= 11 is 9.48. The number of nitrogens with zero attached hydrogens (tertiary/aromatic N) is 1. The summed E-state index contributed by atoms with van der Waals surface area (Å²) in [5, 5.41) is 12.8. The van der Waals surface area contributed by atoms with Crippen LogP contribution in [-0.2, 0) is 0 Å². The van der Waals surface area contributed by atoms with Crippen molar-refractivity contribution in [2.45, 2.75) is 19.8 Å². The molecule has 0 bridgehead atoms. The first-order chi connectivity index (χ1) is 9.86. The predicted octanol–water partition coefficient (Wildman–Crippen LogP) is 5.06. The maximum Gasteiger partial charge on any atom is 0.335 e. The average molecular weight is 370 g/mol. The van der Waals surface area contributed by atoms with E-state index < -0.39 is 5.97 Å². The number of aromatic carboxylic acids is 1. The largest absolute Gasteiger partial charge is 0.478 e. The second-order valence-electron chi connectivity index (χ2n) is 4.87. The molecule has 2 rings (SSSR count). The molecule has 0 aliphatic carbocycles. The van der Waals surface area contributed by atoms with Gasteiger partial charge >= 0.3 is 5.97 Å². The number of halogens is 2. The molecule has 1 heterocycles.